The van der Waals surface area contributed by atoms with Crippen LogP contribution in [0, 0.1) is 0 Å². The van der Waals surface area contributed by atoms with E-state index in [1.165, 1.54) is 24.0 Å². The van der Waals surface area contributed by atoms with E-state index in [0.717, 1.165) is 12.2 Å². The Hall–Kier alpha value is -2.23. The molecule has 0 saturated carbocycles. The summed E-state index contributed by atoms with van der Waals surface area (Å²) in [6.45, 7) is 4.26. The van der Waals surface area contributed by atoms with Crippen LogP contribution >= 0.6 is 0 Å². The molecule has 1 aromatic carbocycles. The van der Waals surface area contributed by atoms with Crippen molar-refractivity contribution in [1.82, 2.24) is 0 Å². The molecule has 0 bridgehead atoms. The Kier molecular flexibility index (Phi) is 10.4. The van der Waals surface area contributed by atoms with Crippen LogP contribution < -0.4 is 4.74 Å². The van der Waals surface area contributed by atoms with E-state index in [-0.39, 0.29) is 0 Å². The normalized spacial score (nSPS) is 10.9. The van der Waals surface area contributed by atoms with Gasteiger partial charge in [0, 0.05) is 0 Å². The van der Waals surface area contributed by atoms with Gasteiger partial charge in [0.25, 0.3) is 0 Å². The predicted molar refractivity (Wildman–Crippen MR) is 86.0 cm³/mol. The average molecular weight is 292 g/mol. The van der Waals surface area contributed by atoms with Gasteiger partial charge in [-0.3, -0.25) is 0 Å². The fraction of sp³-hybridized carbons (Fsp3) is 0.353. The Morgan fingerprint density at radius 2 is 2.00 bits per heavy atom. The van der Waals surface area contributed by atoms with E-state index < -0.39 is 6.16 Å². The van der Waals surface area contributed by atoms with Gasteiger partial charge in [0.15, 0.2) is 0 Å². The number of ether oxygens (including phenoxy) is 1. The van der Waals surface area contributed by atoms with E-state index in [1.54, 1.807) is 7.11 Å². The Balaban J connectivity index is 0.000000885. The highest BCUT2D eigenvalue weighted by molar-refractivity contribution is 5.68. The fourth-order valence-electron chi connectivity index (χ4n) is 1.73. The van der Waals surface area contributed by atoms with Crippen LogP contribution in [-0.4, -0.2) is 23.5 Å². The number of allylic oxidation sites excluding steroid dienone is 4. The molecule has 1 aromatic rings. The zero-order valence-corrected chi connectivity index (χ0v) is 12.9. The number of methoxy groups -OCH3 is 1. The van der Waals surface area contributed by atoms with Crippen LogP contribution in [0.3, 0.4) is 0 Å². The third-order valence-electron chi connectivity index (χ3n) is 2.73. The van der Waals surface area contributed by atoms with Crippen molar-refractivity contribution in [2.24, 2.45) is 0 Å². The lowest BCUT2D eigenvalue weighted by atomic mass is 9.99. The van der Waals surface area contributed by atoms with Crippen molar-refractivity contribution < 1.29 is 19.7 Å². The molecule has 2 N–H and O–H groups in total. The summed E-state index contributed by atoms with van der Waals surface area (Å²) in [7, 11) is 1.71. The zero-order valence-electron chi connectivity index (χ0n) is 12.9. The minimum atomic E-state index is -1.83. The highest BCUT2D eigenvalue weighted by Gasteiger charge is 2.02. The van der Waals surface area contributed by atoms with Gasteiger partial charge in [0.2, 0.25) is 0 Å². The maximum absolute atomic E-state index is 8.56. The molecule has 4 nitrogen and oxygen atoms in total. The molecule has 0 aromatic heterocycles. The highest BCUT2D eigenvalue weighted by atomic mass is 16.6. The first kappa shape index (κ1) is 18.8. The standard InChI is InChI=1S/C16H22O.CH2O3/c1-4-6-9-14(10-7-5-2)15-11-8-12-16(13-15)17-3;2-1(3)4/h4,6,8-9,11-13H,5,7,10H2,1-3H3;(H2,2,3,4)/b6-4+,14-9+;. The van der Waals surface area contributed by atoms with E-state index in [2.05, 4.69) is 37.3 Å². The summed E-state index contributed by atoms with van der Waals surface area (Å²) in [6.07, 6.45) is 8.09. The molecule has 0 spiro atoms. The predicted octanol–water partition coefficient (Wildman–Crippen LogP) is 5.07. The maximum atomic E-state index is 8.56. The van der Waals surface area contributed by atoms with Gasteiger partial charge in [-0.25, -0.2) is 4.79 Å². The molecule has 0 heterocycles. The summed E-state index contributed by atoms with van der Waals surface area (Å²) < 4.78 is 5.27. The van der Waals surface area contributed by atoms with Crippen LogP contribution in [0.25, 0.3) is 5.57 Å². The first-order valence-electron chi connectivity index (χ1n) is 6.93. The lowest BCUT2D eigenvalue weighted by Gasteiger charge is -2.08. The summed E-state index contributed by atoms with van der Waals surface area (Å²) in [5, 5.41) is 13.9. The third-order valence-corrected chi connectivity index (χ3v) is 2.73. The smallest absolute Gasteiger partial charge is 0.497 e. The molecule has 0 aliphatic rings. The molecular weight excluding hydrogens is 268 g/mol. The molecule has 0 saturated heterocycles. The van der Waals surface area contributed by atoms with Crippen LogP contribution in [0.5, 0.6) is 5.75 Å². The van der Waals surface area contributed by atoms with Gasteiger partial charge in [-0.1, -0.05) is 43.7 Å². The van der Waals surface area contributed by atoms with Gasteiger partial charge in [0.05, 0.1) is 7.11 Å². The summed E-state index contributed by atoms with van der Waals surface area (Å²) >= 11 is 0. The quantitative estimate of drug-likeness (QED) is 0.718. The van der Waals surface area contributed by atoms with Gasteiger partial charge in [-0.05, 0) is 43.0 Å². The Morgan fingerprint density at radius 1 is 1.33 bits per heavy atom. The minimum absolute atomic E-state index is 0.922. The van der Waals surface area contributed by atoms with Crippen molar-refractivity contribution in [1.29, 1.82) is 0 Å². The lowest BCUT2D eigenvalue weighted by molar-refractivity contribution is 0.137. The number of carbonyl (C=O) groups is 1. The second kappa shape index (κ2) is 11.6. The second-order valence-electron chi connectivity index (χ2n) is 4.34. The third kappa shape index (κ3) is 9.32. The van der Waals surface area contributed by atoms with Gasteiger partial charge in [-0.2, -0.15) is 0 Å². The molecule has 0 fully saturated rings. The van der Waals surface area contributed by atoms with Crippen molar-refractivity contribution in [3.05, 3.63) is 48.1 Å². The van der Waals surface area contributed by atoms with Gasteiger partial charge < -0.3 is 14.9 Å². The molecule has 0 radical (unpaired) electrons. The molecule has 4 heteroatoms. The van der Waals surface area contributed by atoms with E-state index >= 15 is 0 Å². The number of hydrogen-bond donors (Lipinski definition) is 2. The molecule has 0 aliphatic carbocycles. The number of hydrogen-bond acceptors (Lipinski definition) is 2. The first-order valence-corrected chi connectivity index (χ1v) is 6.93. The number of unbranched alkanes of at least 4 members (excludes halogenated alkanes) is 1. The monoisotopic (exact) mass is 292 g/mol. The van der Waals surface area contributed by atoms with E-state index in [4.69, 9.17) is 19.7 Å². The Bertz CT molecular complexity index is 471. The van der Waals surface area contributed by atoms with Crippen LogP contribution in [0.4, 0.5) is 4.79 Å². The van der Waals surface area contributed by atoms with Crippen LogP contribution in [0.15, 0.2) is 42.5 Å². The molecule has 116 valence electrons. The first-order chi connectivity index (χ1) is 10.0. The summed E-state index contributed by atoms with van der Waals surface area (Å²) in [4.78, 5) is 8.56. The van der Waals surface area contributed by atoms with E-state index in [0.29, 0.717) is 0 Å². The largest absolute Gasteiger partial charge is 0.503 e. The van der Waals surface area contributed by atoms with Crippen molar-refractivity contribution in [3.63, 3.8) is 0 Å². The van der Waals surface area contributed by atoms with Crippen molar-refractivity contribution >= 4 is 11.7 Å². The maximum Gasteiger partial charge on any atom is 0.503 e. The summed E-state index contributed by atoms with van der Waals surface area (Å²) in [6, 6.07) is 8.28. The molecule has 0 atom stereocenters. The number of carboxylic acid groups (broad SMARTS) is 2. The van der Waals surface area contributed by atoms with Gasteiger partial charge in [0.1, 0.15) is 5.75 Å². The number of rotatable bonds is 6. The van der Waals surface area contributed by atoms with Crippen LogP contribution in [-0.2, 0) is 0 Å². The average Bonchev–Trinajstić information content (AvgIpc) is 2.47. The summed E-state index contributed by atoms with van der Waals surface area (Å²) in [5.41, 5.74) is 2.64. The van der Waals surface area contributed by atoms with Gasteiger partial charge >= 0.3 is 6.16 Å². The van der Waals surface area contributed by atoms with Crippen molar-refractivity contribution in [2.75, 3.05) is 7.11 Å². The second-order valence-corrected chi connectivity index (χ2v) is 4.34. The SMILES string of the molecule is C/C=C/C=C(\CCCC)c1cccc(OC)c1.O=C(O)O. The van der Waals surface area contributed by atoms with E-state index in [9.17, 15) is 0 Å². The van der Waals surface area contributed by atoms with Crippen molar-refractivity contribution in [2.45, 2.75) is 33.1 Å². The fourth-order valence-corrected chi connectivity index (χ4v) is 1.73. The highest BCUT2D eigenvalue weighted by Crippen LogP contribution is 2.24. The Morgan fingerprint density at radius 3 is 2.52 bits per heavy atom. The van der Waals surface area contributed by atoms with Crippen molar-refractivity contribution in [3.8, 4) is 5.75 Å². The summed E-state index contributed by atoms with van der Waals surface area (Å²) in [5.74, 6) is 0.922. The zero-order chi connectivity index (χ0) is 16.1. The van der Waals surface area contributed by atoms with Crippen LogP contribution in [0.1, 0.15) is 38.7 Å². The molecule has 21 heavy (non-hydrogen) atoms. The molecule has 0 aliphatic heterocycles. The molecule has 1 rings (SSSR count). The molecule has 0 amide bonds. The number of benzene rings is 1. The van der Waals surface area contributed by atoms with E-state index in [1.807, 2.05) is 19.1 Å². The minimum Gasteiger partial charge on any atom is -0.497 e. The molecular formula is C17H24O4. The molecule has 0 unspecified atom stereocenters. The van der Waals surface area contributed by atoms with Crippen LogP contribution in [0.2, 0.25) is 0 Å². The topological polar surface area (TPSA) is 66.8 Å². The Labute approximate surface area is 126 Å². The van der Waals surface area contributed by atoms with Gasteiger partial charge in [-0.15, -0.1) is 0 Å². The lowest BCUT2D eigenvalue weighted by Crippen LogP contribution is -1.88.